The van der Waals surface area contributed by atoms with Gasteiger partial charge in [-0.15, -0.1) is 6.42 Å². The quantitative estimate of drug-likeness (QED) is 0.436. The molecule has 0 aliphatic heterocycles. The van der Waals surface area contributed by atoms with Crippen molar-refractivity contribution in [1.29, 1.82) is 0 Å². The molecular weight excluding hydrogens is 238 g/mol. The summed E-state index contributed by atoms with van der Waals surface area (Å²) in [6, 6.07) is 9.93. The molecule has 0 N–H and O–H groups in total. The summed E-state index contributed by atoms with van der Waals surface area (Å²) in [5.41, 5.74) is 0.946. The van der Waals surface area contributed by atoms with Crippen LogP contribution in [0.1, 0.15) is 32.1 Å². The monoisotopic (exact) mass is 257 g/mol. The largest absolute Gasteiger partial charge is 0.233 e. The average Bonchev–Trinajstić information content (AvgIpc) is 2.45. The Morgan fingerprint density at radius 3 is 2.61 bits per heavy atom. The summed E-state index contributed by atoms with van der Waals surface area (Å²) in [6.45, 7) is 0. The van der Waals surface area contributed by atoms with Crippen LogP contribution in [-0.4, -0.2) is 10.8 Å². The third kappa shape index (κ3) is 4.23. The molecule has 0 unspecified atom stereocenters. The van der Waals surface area contributed by atoms with Crippen LogP contribution in [0.4, 0.5) is 5.69 Å². The Morgan fingerprint density at radius 1 is 1.22 bits per heavy atom. The molecule has 1 fully saturated rings. The van der Waals surface area contributed by atoms with Crippen molar-refractivity contribution in [2.75, 3.05) is 5.75 Å². The van der Waals surface area contributed by atoms with E-state index in [0.717, 1.165) is 22.4 Å². The van der Waals surface area contributed by atoms with Gasteiger partial charge in [-0.25, -0.2) is 4.99 Å². The maximum Gasteiger partial charge on any atom is 0.146 e. The Balaban J connectivity index is 1.89. The first-order valence-corrected chi connectivity index (χ1v) is 7.60. The lowest BCUT2D eigenvalue weighted by atomic mass is 9.91. The predicted octanol–water partition coefficient (Wildman–Crippen LogP) is 4.66. The van der Waals surface area contributed by atoms with Crippen LogP contribution in [-0.2, 0) is 0 Å². The van der Waals surface area contributed by atoms with Gasteiger partial charge in [0.2, 0.25) is 0 Å². The molecule has 0 radical (unpaired) electrons. The second kappa shape index (κ2) is 7.28. The molecule has 1 aliphatic rings. The molecule has 94 valence electrons. The summed E-state index contributed by atoms with van der Waals surface area (Å²) < 4.78 is 0. The summed E-state index contributed by atoms with van der Waals surface area (Å²) >= 11 is 1.74. The number of hydrogen-bond acceptors (Lipinski definition) is 2. The van der Waals surface area contributed by atoms with Gasteiger partial charge in [0.15, 0.2) is 0 Å². The second-order valence-corrected chi connectivity index (χ2v) is 5.72. The van der Waals surface area contributed by atoms with Crippen molar-refractivity contribution < 1.29 is 0 Å². The highest BCUT2D eigenvalue weighted by molar-refractivity contribution is 8.14. The highest BCUT2D eigenvalue weighted by Gasteiger charge is 2.14. The summed E-state index contributed by atoms with van der Waals surface area (Å²) in [7, 11) is 0. The van der Waals surface area contributed by atoms with Crippen LogP contribution in [0.15, 0.2) is 35.3 Å². The van der Waals surface area contributed by atoms with Crippen LogP contribution < -0.4 is 0 Å². The molecule has 1 aromatic rings. The Labute approximate surface area is 114 Å². The van der Waals surface area contributed by atoms with Crippen molar-refractivity contribution in [3.05, 3.63) is 30.3 Å². The average molecular weight is 257 g/mol. The van der Waals surface area contributed by atoms with E-state index in [1.54, 1.807) is 11.8 Å². The Bertz CT molecular complexity index is 424. The zero-order valence-electron chi connectivity index (χ0n) is 10.6. The van der Waals surface area contributed by atoms with Gasteiger partial charge in [-0.1, -0.05) is 49.2 Å². The standard InChI is InChI=1S/C16H19NS/c1-2-16(17-15-11-7-4-8-12-15)18-13-14-9-5-3-6-10-14/h1,4,7-8,11-12,14H,3,5-6,9-10,13H2. The molecule has 0 amide bonds. The molecule has 0 aromatic heterocycles. The van der Waals surface area contributed by atoms with E-state index in [1.165, 1.54) is 32.1 Å². The number of benzene rings is 1. The lowest BCUT2D eigenvalue weighted by molar-refractivity contribution is 0.391. The molecule has 2 heteroatoms. The fourth-order valence-corrected chi connectivity index (χ4v) is 3.26. The number of thioether (sulfide) groups is 1. The van der Waals surface area contributed by atoms with Crippen LogP contribution >= 0.6 is 11.8 Å². The van der Waals surface area contributed by atoms with Gasteiger partial charge >= 0.3 is 0 Å². The van der Waals surface area contributed by atoms with Gasteiger partial charge < -0.3 is 0 Å². The van der Waals surface area contributed by atoms with Crippen LogP contribution in [0.3, 0.4) is 0 Å². The van der Waals surface area contributed by atoms with Gasteiger partial charge in [0.25, 0.3) is 0 Å². The minimum Gasteiger partial charge on any atom is -0.233 e. The van der Waals surface area contributed by atoms with E-state index in [-0.39, 0.29) is 0 Å². The highest BCUT2D eigenvalue weighted by atomic mass is 32.2. The first-order valence-electron chi connectivity index (χ1n) is 6.61. The van der Waals surface area contributed by atoms with Crippen molar-refractivity contribution in [1.82, 2.24) is 0 Å². The van der Waals surface area contributed by atoms with Crippen molar-refractivity contribution in [3.63, 3.8) is 0 Å². The fourth-order valence-electron chi connectivity index (χ4n) is 2.28. The fraction of sp³-hybridized carbons (Fsp3) is 0.438. The zero-order chi connectivity index (χ0) is 12.6. The number of para-hydroxylation sites is 1. The SMILES string of the molecule is C#CC(=Nc1ccccc1)SCC1CCCCC1. The molecule has 0 atom stereocenters. The minimum absolute atomic E-state index is 0.812. The van der Waals surface area contributed by atoms with Crippen molar-refractivity contribution >= 4 is 22.5 Å². The van der Waals surface area contributed by atoms with Crippen LogP contribution in [0.2, 0.25) is 0 Å². The van der Waals surface area contributed by atoms with Crippen molar-refractivity contribution in [2.24, 2.45) is 10.9 Å². The highest BCUT2D eigenvalue weighted by Crippen LogP contribution is 2.27. The number of aliphatic imine (C=N–C) groups is 1. The molecule has 1 aromatic carbocycles. The van der Waals surface area contributed by atoms with Gasteiger partial charge in [-0.05, 0) is 36.8 Å². The number of rotatable bonds is 3. The van der Waals surface area contributed by atoms with E-state index in [0.29, 0.717) is 0 Å². The van der Waals surface area contributed by atoms with Gasteiger partial charge in [0, 0.05) is 5.75 Å². The predicted molar refractivity (Wildman–Crippen MR) is 81.4 cm³/mol. The Kier molecular flexibility index (Phi) is 5.36. The maximum atomic E-state index is 5.53. The molecule has 1 aliphatic carbocycles. The van der Waals surface area contributed by atoms with E-state index in [2.05, 4.69) is 10.9 Å². The maximum absolute atomic E-state index is 5.53. The third-order valence-corrected chi connectivity index (χ3v) is 4.41. The van der Waals surface area contributed by atoms with E-state index in [4.69, 9.17) is 6.42 Å². The van der Waals surface area contributed by atoms with E-state index < -0.39 is 0 Å². The topological polar surface area (TPSA) is 12.4 Å². The Hall–Kier alpha value is -1.20. The van der Waals surface area contributed by atoms with Gasteiger partial charge in [0.1, 0.15) is 5.04 Å². The molecule has 2 rings (SSSR count). The molecule has 0 heterocycles. The zero-order valence-corrected chi connectivity index (χ0v) is 11.5. The Morgan fingerprint density at radius 2 is 1.94 bits per heavy atom. The summed E-state index contributed by atoms with van der Waals surface area (Å²) in [5.74, 6) is 4.66. The van der Waals surface area contributed by atoms with Crippen LogP contribution in [0, 0.1) is 18.3 Å². The molecule has 0 bridgehead atoms. The van der Waals surface area contributed by atoms with Crippen molar-refractivity contribution in [3.8, 4) is 12.3 Å². The van der Waals surface area contributed by atoms with Crippen LogP contribution in [0.25, 0.3) is 0 Å². The lowest BCUT2D eigenvalue weighted by Crippen LogP contribution is -2.09. The second-order valence-electron chi connectivity index (χ2n) is 4.71. The van der Waals surface area contributed by atoms with Gasteiger partial charge in [-0.3, -0.25) is 0 Å². The number of nitrogens with zero attached hydrogens (tertiary/aromatic N) is 1. The third-order valence-electron chi connectivity index (χ3n) is 3.29. The van der Waals surface area contributed by atoms with Gasteiger partial charge in [-0.2, -0.15) is 0 Å². The molecule has 0 spiro atoms. The first kappa shape index (κ1) is 13.2. The van der Waals surface area contributed by atoms with E-state index >= 15 is 0 Å². The summed E-state index contributed by atoms with van der Waals surface area (Å²) in [6.07, 6.45) is 12.4. The smallest absolute Gasteiger partial charge is 0.146 e. The lowest BCUT2D eigenvalue weighted by Gasteiger charge is -2.20. The summed E-state index contributed by atoms with van der Waals surface area (Å²) in [4.78, 5) is 4.50. The molecule has 18 heavy (non-hydrogen) atoms. The molecular formula is C16H19NS. The van der Waals surface area contributed by atoms with Crippen LogP contribution in [0.5, 0.6) is 0 Å². The first-order chi connectivity index (χ1) is 8.88. The van der Waals surface area contributed by atoms with E-state index in [1.807, 2.05) is 30.3 Å². The van der Waals surface area contributed by atoms with Crippen molar-refractivity contribution in [2.45, 2.75) is 32.1 Å². The van der Waals surface area contributed by atoms with E-state index in [9.17, 15) is 0 Å². The normalized spacial score (nSPS) is 17.4. The molecule has 1 saturated carbocycles. The molecule has 1 nitrogen and oxygen atoms in total. The number of terminal acetylenes is 1. The van der Waals surface area contributed by atoms with Gasteiger partial charge in [0.05, 0.1) is 5.69 Å². The number of hydrogen-bond donors (Lipinski definition) is 0. The minimum atomic E-state index is 0.812. The summed E-state index contributed by atoms with van der Waals surface area (Å²) in [5, 5.41) is 0.812. The molecule has 0 saturated heterocycles.